The number of hydrogen-bond donors (Lipinski definition) is 2. The zero-order valence-corrected chi connectivity index (χ0v) is 22.9. The number of rotatable bonds is 10. The van der Waals surface area contributed by atoms with Gasteiger partial charge in [-0.05, 0) is 66.5 Å². The van der Waals surface area contributed by atoms with Crippen LogP contribution in [0.15, 0.2) is 96.6 Å². The molecule has 2 aromatic carbocycles. The molecule has 0 spiro atoms. The van der Waals surface area contributed by atoms with Gasteiger partial charge in [0.15, 0.2) is 0 Å². The van der Waals surface area contributed by atoms with Crippen molar-refractivity contribution in [3.8, 4) is 0 Å². The van der Waals surface area contributed by atoms with Crippen molar-refractivity contribution in [1.82, 2.24) is 4.90 Å². The third-order valence-corrected chi connectivity index (χ3v) is 8.58. The van der Waals surface area contributed by atoms with E-state index in [-0.39, 0.29) is 12.3 Å². The van der Waals surface area contributed by atoms with Crippen LogP contribution in [0.3, 0.4) is 0 Å². The molecule has 2 unspecified atom stereocenters. The molecule has 2 fully saturated rings. The average molecular weight is 543 g/mol. The molecule has 2 aromatic rings. The molecule has 1 heterocycles. The van der Waals surface area contributed by atoms with Crippen LogP contribution in [0.25, 0.3) is 5.57 Å². The minimum Gasteiger partial charge on any atom is -0.481 e. The molecule has 6 heteroatoms. The number of amides is 1. The summed E-state index contributed by atoms with van der Waals surface area (Å²) in [6, 6.07) is 17.9. The van der Waals surface area contributed by atoms with Gasteiger partial charge in [0, 0.05) is 47.0 Å². The normalized spacial score (nSPS) is 24.3. The molecule has 1 saturated heterocycles. The van der Waals surface area contributed by atoms with Gasteiger partial charge in [-0.1, -0.05) is 84.9 Å². The van der Waals surface area contributed by atoms with Gasteiger partial charge in [0.2, 0.25) is 5.91 Å². The zero-order chi connectivity index (χ0) is 27.6. The van der Waals surface area contributed by atoms with Crippen molar-refractivity contribution in [3.63, 3.8) is 0 Å². The van der Waals surface area contributed by atoms with Crippen LogP contribution >= 0.6 is 11.6 Å². The summed E-state index contributed by atoms with van der Waals surface area (Å²) in [4.78, 5) is 26.5. The van der Waals surface area contributed by atoms with Gasteiger partial charge < -0.3 is 15.7 Å². The Bertz CT molecular complexity index is 1360. The predicted octanol–water partition coefficient (Wildman–Crippen LogP) is 6.52. The second-order valence-corrected chi connectivity index (χ2v) is 11.5. The van der Waals surface area contributed by atoms with E-state index in [1.54, 1.807) is 0 Å². The average Bonchev–Trinajstić information content (AvgIpc) is 3.49. The van der Waals surface area contributed by atoms with Gasteiger partial charge in [-0.2, -0.15) is 0 Å². The lowest BCUT2D eigenvalue weighted by Gasteiger charge is -2.40. The van der Waals surface area contributed by atoms with Crippen LogP contribution < -0.4 is 5.73 Å². The van der Waals surface area contributed by atoms with E-state index in [1.165, 1.54) is 5.56 Å². The van der Waals surface area contributed by atoms with Gasteiger partial charge in [-0.3, -0.25) is 9.59 Å². The highest BCUT2D eigenvalue weighted by atomic mass is 35.5. The van der Waals surface area contributed by atoms with E-state index in [0.717, 1.165) is 41.8 Å². The maximum absolute atomic E-state index is 13.5. The molecule has 1 saturated carbocycles. The summed E-state index contributed by atoms with van der Waals surface area (Å²) in [6.07, 6.45) is 11.8. The van der Waals surface area contributed by atoms with Crippen molar-refractivity contribution in [1.29, 1.82) is 0 Å². The van der Waals surface area contributed by atoms with Gasteiger partial charge >= 0.3 is 5.97 Å². The fourth-order valence-corrected chi connectivity index (χ4v) is 5.94. The molecule has 0 aromatic heterocycles. The Morgan fingerprint density at radius 3 is 2.46 bits per heavy atom. The van der Waals surface area contributed by atoms with E-state index in [9.17, 15) is 9.59 Å². The number of carbonyl (C=O) groups is 2. The molecule has 1 amide bonds. The smallest absolute Gasteiger partial charge is 0.303 e. The first-order valence-corrected chi connectivity index (χ1v) is 14.0. The Labute approximate surface area is 235 Å². The summed E-state index contributed by atoms with van der Waals surface area (Å²) < 4.78 is 0. The molecule has 2 aliphatic carbocycles. The van der Waals surface area contributed by atoms with Gasteiger partial charge in [-0.15, -0.1) is 0 Å². The Hall–Kier alpha value is -3.41. The number of carbonyl (C=O) groups excluding carboxylic acids is 1. The van der Waals surface area contributed by atoms with Gasteiger partial charge in [-0.25, -0.2) is 0 Å². The molecular weight excluding hydrogens is 508 g/mol. The summed E-state index contributed by atoms with van der Waals surface area (Å²) in [5.74, 6) is -0.338. The van der Waals surface area contributed by atoms with Gasteiger partial charge in [0.25, 0.3) is 0 Å². The maximum Gasteiger partial charge on any atom is 0.303 e. The topological polar surface area (TPSA) is 83.6 Å². The molecule has 2 atom stereocenters. The largest absolute Gasteiger partial charge is 0.481 e. The van der Waals surface area contributed by atoms with Gasteiger partial charge in [0.05, 0.1) is 0 Å². The summed E-state index contributed by atoms with van der Waals surface area (Å²) in [5, 5.41) is 9.74. The SMILES string of the molecule is C=C(C(=CC12C=C(C(=O)N3CC(c4ccccc4)C3)CC=CC1(N)C2)CCCCC(=O)O)c1ccc(Cl)cc1. The van der Waals surface area contributed by atoms with E-state index in [1.807, 2.05) is 53.4 Å². The van der Waals surface area contributed by atoms with Crippen LogP contribution in [0.1, 0.15) is 55.6 Å². The Morgan fingerprint density at radius 2 is 1.77 bits per heavy atom. The minimum atomic E-state index is -0.792. The Morgan fingerprint density at radius 1 is 1.08 bits per heavy atom. The Kier molecular flexibility index (Phi) is 7.66. The molecule has 0 radical (unpaired) electrons. The second kappa shape index (κ2) is 11.0. The molecule has 202 valence electrons. The molecule has 1 aliphatic heterocycles. The van der Waals surface area contributed by atoms with E-state index in [0.29, 0.717) is 36.6 Å². The molecule has 5 rings (SSSR count). The van der Waals surface area contributed by atoms with Crippen LogP contribution in [0, 0.1) is 5.41 Å². The number of unbranched alkanes of at least 4 members (excludes halogenated alkanes) is 1. The number of carboxylic acids is 1. The minimum absolute atomic E-state index is 0.0790. The molecule has 39 heavy (non-hydrogen) atoms. The number of aliphatic carboxylic acids is 1. The predicted molar refractivity (Wildman–Crippen MR) is 156 cm³/mol. The van der Waals surface area contributed by atoms with Crippen molar-refractivity contribution in [2.24, 2.45) is 11.1 Å². The van der Waals surface area contributed by atoms with Crippen molar-refractivity contribution >= 4 is 29.1 Å². The lowest BCUT2D eigenvalue weighted by Crippen LogP contribution is -2.49. The number of nitrogens with two attached hydrogens (primary N) is 1. The number of nitrogens with zero attached hydrogens (tertiary/aromatic N) is 1. The fourth-order valence-electron chi connectivity index (χ4n) is 5.81. The molecule has 3 aliphatic rings. The summed E-state index contributed by atoms with van der Waals surface area (Å²) in [5.41, 5.74) is 10.7. The lowest BCUT2D eigenvalue weighted by atomic mass is 9.87. The number of hydrogen-bond acceptors (Lipinski definition) is 3. The number of allylic oxidation sites excluding steroid dienone is 3. The quantitative estimate of drug-likeness (QED) is 0.203. The highest BCUT2D eigenvalue weighted by molar-refractivity contribution is 6.30. The van der Waals surface area contributed by atoms with Crippen molar-refractivity contribution < 1.29 is 14.7 Å². The molecular formula is C33H35ClN2O3. The first-order chi connectivity index (χ1) is 18.7. The van der Waals surface area contributed by atoms with Crippen LogP contribution in [0.5, 0.6) is 0 Å². The summed E-state index contributed by atoms with van der Waals surface area (Å²) >= 11 is 6.11. The maximum atomic E-state index is 13.5. The number of carboxylic acid groups (broad SMARTS) is 1. The van der Waals surface area contributed by atoms with Crippen molar-refractivity contribution in [3.05, 3.63) is 113 Å². The first kappa shape index (κ1) is 27.2. The van der Waals surface area contributed by atoms with Crippen molar-refractivity contribution in [2.45, 2.75) is 50.0 Å². The van der Waals surface area contributed by atoms with Crippen LogP contribution in [0.4, 0.5) is 0 Å². The first-order valence-electron chi connectivity index (χ1n) is 13.6. The summed E-state index contributed by atoms with van der Waals surface area (Å²) in [7, 11) is 0. The van der Waals surface area contributed by atoms with E-state index >= 15 is 0 Å². The summed E-state index contributed by atoms with van der Waals surface area (Å²) in [6.45, 7) is 5.84. The van der Waals surface area contributed by atoms with E-state index < -0.39 is 16.9 Å². The van der Waals surface area contributed by atoms with Crippen LogP contribution in [-0.4, -0.2) is 40.5 Å². The van der Waals surface area contributed by atoms with Gasteiger partial charge in [0.1, 0.15) is 0 Å². The third-order valence-electron chi connectivity index (χ3n) is 8.32. The fraction of sp³-hybridized carbons (Fsp3) is 0.333. The Balaban J connectivity index is 1.39. The lowest BCUT2D eigenvalue weighted by molar-refractivity contribution is -0.137. The number of likely N-dealkylation sites (tertiary alicyclic amines) is 1. The van der Waals surface area contributed by atoms with E-state index in [4.69, 9.17) is 22.4 Å². The number of halogens is 1. The third kappa shape index (κ3) is 5.80. The van der Waals surface area contributed by atoms with Crippen LogP contribution in [-0.2, 0) is 9.59 Å². The highest BCUT2D eigenvalue weighted by Crippen LogP contribution is 2.60. The number of fused-ring (bicyclic) bond motifs is 1. The van der Waals surface area contributed by atoms with Crippen molar-refractivity contribution in [2.75, 3.05) is 13.1 Å². The highest BCUT2D eigenvalue weighted by Gasteiger charge is 2.62. The second-order valence-electron chi connectivity index (χ2n) is 11.1. The number of benzene rings is 2. The van der Waals surface area contributed by atoms with Crippen LogP contribution in [0.2, 0.25) is 5.02 Å². The molecule has 3 N–H and O–H groups in total. The van der Waals surface area contributed by atoms with E-state index in [2.05, 4.69) is 36.9 Å². The molecule has 0 bridgehead atoms. The zero-order valence-electron chi connectivity index (χ0n) is 22.1. The standard InChI is InChI=1S/C33H35ClN2O3/c1-23(24-13-15-29(34)16-14-24)26(10-5-6-12-30(37)38)18-32-19-27(11-7-17-33(32,35)22-32)31(39)36-20-28(21-36)25-8-3-2-4-9-25/h2-4,7-9,13-19,28H,1,5-6,10-12,20-22,35H2,(H,37,38). The monoisotopic (exact) mass is 542 g/mol. The molecule has 5 nitrogen and oxygen atoms in total.